The molecule has 0 aliphatic carbocycles. The Kier molecular flexibility index (Phi) is 5.28. The van der Waals surface area contributed by atoms with E-state index < -0.39 is 0 Å². The van der Waals surface area contributed by atoms with Crippen LogP contribution < -0.4 is 5.32 Å². The Morgan fingerprint density at radius 2 is 1.91 bits per heavy atom. The van der Waals surface area contributed by atoms with E-state index in [0.29, 0.717) is 39.5 Å². The molecule has 7 nitrogen and oxygen atoms in total. The highest BCUT2D eigenvalue weighted by molar-refractivity contribution is 6.04. The first-order valence-corrected chi connectivity index (χ1v) is 10.4. The van der Waals surface area contributed by atoms with E-state index in [0.717, 1.165) is 11.1 Å². The second kappa shape index (κ2) is 8.56. The minimum atomic E-state index is -0.382. The van der Waals surface area contributed by atoms with Crippen LogP contribution in [0.3, 0.4) is 0 Å². The third-order valence-electron chi connectivity index (χ3n) is 5.35. The van der Waals surface area contributed by atoms with Gasteiger partial charge in [0.1, 0.15) is 17.3 Å². The Balaban J connectivity index is 1.58. The van der Waals surface area contributed by atoms with Gasteiger partial charge in [-0.05, 0) is 73.2 Å². The summed E-state index contributed by atoms with van der Waals surface area (Å²) in [6, 6.07) is 20.4. The molecule has 8 heteroatoms. The highest BCUT2D eigenvalue weighted by Crippen LogP contribution is 2.33. The van der Waals surface area contributed by atoms with Crippen molar-refractivity contribution < 1.29 is 9.18 Å². The van der Waals surface area contributed by atoms with Gasteiger partial charge in [-0.1, -0.05) is 6.07 Å². The first kappa shape index (κ1) is 21.0. The second-order valence-electron chi connectivity index (χ2n) is 7.64. The smallest absolute Gasteiger partial charge is 0.256 e. The maximum absolute atomic E-state index is 13.9. The van der Waals surface area contributed by atoms with Gasteiger partial charge in [-0.2, -0.15) is 10.4 Å². The summed E-state index contributed by atoms with van der Waals surface area (Å²) in [5.74, 6) is -0.342. The minimum absolute atomic E-state index is 0.290. The van der Waals surface area contributed by atoms with Crippen molar-refractivity contribution in [3.8, 4) is 28.6 Å². The Morgan fingerprint density at radius 3 is 2.74 bits per heavy atom. The fourth-order valence-electron chi connectivity index (χ4n) is 3.71. The zero-order chi connectivity index (χ0) is 23.7. The molecule has 0 aliphatic heterocycles. The molecule has 3 heterocycles. The number of nitrogens with zero attached hydrogens (tertiary/aromatic N) is 5. The molecule has 0 fully saturated rings. The average molecular weight is 448 g/mol. The van der Waals surface area contributed by atoms with Gasteiger partial charge in [-0.15, -0.1) is 0 Å². The average Bonchev–Trinajstić information content (AvgIpc) is 3.25. The van der Waals surface area contributed by atoms with E-state index in [4.69, 9.17) is 10.2 Å². The van der Waals surface area contributed by atoms with Crippen LogP contribution in [-0.4, -0.2) is 25.5 Å². The first-order chi connectivity index (χ1) is 16.5. The van der Waals surface area contributed by atoms with E-state index in [1.165, 1.54) is 12.1 Å². The number of anilines is 1. The van der Waals surface area contributed by atoms with Crippen molar-refractivity contribution >= 4 is 17.4 Å². The van der Waals surface area contributed by atoms with Gasteiger partial charge in [-0.25, -0.2) is 18.9 Å². The molecule has 2 aromatic carbocycles. The lowest BCUT2D eigenvalue weighted by Gasteiger charge is -2.09. The summed E-state index contributed by atoms with van der Waals surface area (Å²) in [6.45, 7) is 1.70. The van der Waals surface area contributed by atoms with Crippen LogP contribution in [0.15, 0.2) is 79.1 Å². The van der Waals surface area contributed by atoms with Gasteiger partial charge in [0.2, 0.25) is 0 Å². The highest BCUT2D eigenvalue weighted by atomic mass is 19.1. The number of pyridine rings is 1. The van der Waals surface area contributed by atoms with Crippen LogP contribution in [0.25, 0.3) is 28.2 Å². The second-order valence-corrected chi connectivity index (χ2v) is 7.64. The van der Waals surface area contributed by atoms with Crippen LogP contribution in [0.1, 0.15) is 21.5 Å². The lowest BCUT2D eigenvalue weighted by Crippen LogP contribution is -2.13. The molecule has 1 N–H and O–H groups in total. The summed E-state index contributed by atoms with van der Waals surface area (Å²) in [7, 11) is 0. The maximum Gasteiger partial charge on any atom is 0.256 e. The zero-order valence-corrected chi connectivity index (χ0v) is 18.0. The van der Waals surface area contributed by atoms with Crippen molar-refractivity contribution in [2.75, 3.05) is 5.32 Å². The molecule has 5 rings (SSSR count). The molecule has 0 unspecified atom stereocenters. The quantitative estimate of drug-likeness (QED) is 0.416. The van der Waals surface area contributed by atoms with Crippen LogP contribution in [0.2, 0.25) is 0 Å². The predicted molar refractivity (Wildman–Crippen MR) is 125 cm³/mol. The number of halogens is 1. The Labute approximate surface area is 194 Å². The normalized spacial score (nSPS) is 10.7. The van der Waals surface area contributed by atoms with Crippen LogP contribution in [-0.2, 0) is 0 Å². The summed E-state index contributed by atoms with van der Waals surface area (Å²) in [5, 5.41) is 16.3. The van der Waals surface area contributed by atoms with Crippen molar-refractivity contribution in [1.29, 1.82) is 5.26 Å². The fourth-order valence-corrected chi connectivity index (χ4v) is 3.71. The lowest BCUT2D eigenvalue weighted by molar-refractivity contribution is 0.102. The summed E-state index contributed by atoms with van der Waals surface area (Å²) in [5.41, 5.74) is 4.67. The van der Waals surface area contributed by atoms with E-state index in [9.17, 15) is 9.18 Å². The van der Waals surface area contributed by atoms with Crippen molar-refractivity contribution in [3.05, 3.63) is 102 Å². The highest BCUT2D eigenvalue weighted by Gasteiger charge is 2.18. The van der Waals surface area contributed by atoms with Crippen molar-refractivity contribution in [3.63, 3.8) is 0 Å². The number of rotatable bonds is 4. The standard InChI is InChI=1S/C26H17FN6O/c1-16-12-18(7-8-21(16)27)24-25(33-23(32-24)6-3-10-30-33)19-9-11-29-22(14-19)31-26(34)20-5-2-4-17(13-20)15-28/h2-14H,1H3,(H,29,31,34). The van der Waals surface area contributed by atoms with E-state index >= 15 is 0 Å². The molecule has 164 valence electrons. The number of nitrogens with one attached hydrogen (secondary N) is 1. The van der Waals surface area contributed by atoms with Crippen molar-refractivity contribution in [1.82, 2.24) is 19.6 Å². The van der Waals surface area contributed by atoms with E-state index in [1.54, 1.807) is 72.4 Å². The van der Waals surface area contributed by atoms with E-state index in [1.807, 2.05) is 12.1 Å². The summed E-state index contributed by atoms with van der Waals surface area (Å²) in [6.07, 6.45) is 3.24. The topological polar surface area (TPSA) is 96.0 Å². The third-order valence-corrected chi connectivity index (χ3v) is 5.35. The molecule has 1 amide bonds. The zero-order valence-electron chi connectivity index (χ0n) is 18.0. The van der Waals surface area contributed by atoms with Crippen molar-refractivity contribution in [2.24, 2.45) is 0 Å². The molecule has 0 aliphatic rings. The summed E-state index contributed by atoms with van der Waals surface area (Å²) >= 11 is 0. The number of fused-ring (bicyclic) bond motifs is 1. The minimum Gasteiger partial charge on any atom is -0.307 e. The lowest BCUT2D eigenvalue weighted by atomic mass is 10.0. The maximum atomic E-state index is 13.9. The number of aromatic nitrogens is 4. The summed E-state index contributed by atoms with van der Waals surface area (Å²) < 4.78 is 15.6. The molecular weight excluding hydrogens is 431 g/mol. The third kappa shape index (κ3) is 3.87. The van der Waals surface area contributed by atoms with Crippen LogP contribution in [0.5, 0.6) is 0 Å². The van der Waals surface area contributed by atoms with E-state index in [-0.39, 0.29) is 11.7 Å². The number of carbonyl (C=O) groups is 1. The SMILES string of the molecule is Cc1cc(-c2nc3cccnn3c2-c2ccnc(NC(=O)c3cccc(C#N)c3)c2)ccc1F. The van der Waals surface area contributed by atoms with Gasteiger partial charge in [0.05, 0.1) is 17.3 Å². The summed E-state index contributed by atoms with van der Waals surface area (Å²) in [4.78, 5) is 21.7. The number of amides is 1. The number of benzene rings is 2. The first-order valence-electron chi connectivity index (χ1n) is 10.4. The van der Waals surface area contributed by atoms with Crippen LogP contribution >= 0.6 is 0 Å². The van der Waals surface area contributed by atoms with Gasteiger partial charge in [0.25, 0.3) is 5.91 Å². The molecule has 0 atom stereocenters. The molecule has 3 aromatic heterocycles. The number of imidazole rings is 1. The van der Waals surface area contributed by atoms with Crippen molar-refractivity contribution in [2.45, 2.75) is 6.92 Å². The largest absolute Gasteiger partial charge is 0.307 e. The molecule has 34 heavy (non-hydrogen) atoms. The molecule has 0 saturated carbocycles. The number of carbonyl (C=O) groups excluding carboxylic acids is 1. The number of hydrogen-bond acceptors (Lipinski definition) is 5. The van der Waals surface area contributed by atoms with Gasteiger partial charge in [0.15, 0.2) is 5.65 Å². The number of hydrogen-bond donors (Lipinski definition) is 1. The van der Waals surface area contributed by atoms with Crippen LogP contribution in [0, 0.1) is 24.1 Å². The van der Waals surface area contributed by atoms with E-state index in [2.05, 4.69) is 15.4 Å². The van der Waals surface area contributed by atoms with Crippen LogP contribution in [0.4, 0.5) is 10.2 Å². The van der Waals surface area contributed by atoms with Gasteiger partial charge in [-0.3, -0.25) is 4.79 Å². The number of aryl methyl sites for hydroxylation is 1. The Hall–Kier alpha value is -4.90. The number of nitriles is 1. The Morgan fingerprint density at radius 1 is 1.03 bits per heavy atom. The molecule has 0 bridgehead atoms. The van der Waals surface area contributed by atoms with Gasteiger partial charge < -0.3 is 5.32 Å². The molecule has 0 spiro atoms. The van der Waals surface area contributed by atoms with Gasteiger partial charge >= 0.3 is 0 Å². The monoisotopic (exact) mass is 448 g/mol. The van der Waals surface area contributed by atoms with Gasteiger partial charge in [0, 0.05) is 29.1 Å². The molecule has 0 saturated heterocycles. The fraction of sp³-hybridized carbons (Fsp3) is 0.0385. The molecule has 5 aromatic rings. The Bertz CT molecular complexity index is 1600. The predicted octanol–water partition coefficient (Wildman–Crippen LogP) is 5.03. The molecular formula is C26H17FN6O. The molecule has 0 radical (unpaired) electrons.